The van der Waals surface area contributed by atoms with Crippen LogP contribution >= 0.6 is 11.3 Å². The summed E-state index contributed by atoms with van der Waals surface area (Å²) in [6.07, 6.45) is 10.9. The third-order valence-corrected chi connectivity index (χ3v) is 23.3. The van der Waals surface area contributed by atoms with E-state index in [9.17, 15) is 4.79 Å². The van der Waals surface area contributed by atoms with Crippen LogP contribution in [-0.2, 0) is 0 Å². The zero-order valence-electron chi connectivity index (χ0n) is 13.3. The van der Waals surface area contributed by atoms with Gasteiger partial charge in [-0.2, -0.15) is 0 Å². The van der Waals surface area contributed by atoms with Gasteiger partial charge in [0.05, 0.1) is 0 Å². The summed E-state index contributed by atoms with van der Waals surface area (Å²) in [7, 11) is 0. The first-order chi connectivity index (χ1) is 9.72. The van der Waals surface area contributed by atoms with Crippen molar-refractivity contribution in [2.75, 3.05) is 0 Å². The third kappa shape index (κ3) is 5.14. The molecule has 0 aliphatic rings. The quantitative estimate of drug-likeness (QED) is 0.385. The molecular formula is C16H29NOSSn. The topological polar surface area (TPSA) is 30.0 Å². The van der Waals surface area contributed by atoms with Gasteiger partial charge in [0.15, 0.2) is 0 Å². The van der Waals surface area contributed by atoms with Gasteiger partial charge in [-0.3, -0.25) is 0 Å². The molecule has 0 N–H and O–H groups in total. The Morgan fingerprint density at radius 3 is 1.90 bits per heavy atom. The summed E-state index contributed by atoms with van der Waals surface area (Å²) in [6, 6.07) is 0. The standard InChI is InChI=1S/C4H2NOS.3C4H9.Sn/c6-3-4-5-1-2-7-4;3*1-3-4-2;/h1,3H;3*1,3-4H2,2H3;. The zero-order chi connectivity index (χ0) is 14.8. The summed E-state index contributed by atoms with van der Waals surface area (Å²) in [5.74, 6) is 0. The van der Waals surface area contributed by atoms with Crippen LogP contribution in [0, 0.1) is 0 Å². The van der Waals surface area contributed by atoms with Crippen molar-refractivity contribution in [2.24, 2.45) is 0 Å². The molecule has 0 aliphatic heterocycles. The van der Waals surface area contributed by atoms with Crippen molar-refractivity contribution in [3.63, 3.8) is 0 Å². The van der Waals surface area contributed by atoms with Crippen LogP contribution in [0.4, 0.5) is 0 Å². The first kappa shape index (κ1) is 18.1. The molecule has 1 rings (SSSR count). The summed E-state index contributed by atoms with van der Waals surface area (Å²) in [5, 5.41) is 0.686. The second-order valence-corrected chi connectivity index (χ2v) is 21.0. The Morgan fingerprint density at radius 1 is 1.05 bits per heavy atom. The predicted octanol–water partition coefficient (Wildman–Crippen LogP) is 5.01. The molecule has 114 valence electrons. The molecule has 2 nitrogen and oxygen atoms in total. The summed E-state index contributed by atoms with van der Waals surface area (Å²) in [4.78, 5) is 15.3. The Balaban J connectivity index is 3.00. The number of unbranched alkanes of at least 4 members (excludes halogenated alkanes) is 3. The molecule has 0 aliphatic carbocycles. The number of rotatable bonds is 11. The molecule has 0 saturated heterocycles. The van der Waals surface area contributed by atoms with Crippen molar-refractivity contribution in [3.05, 3.63) is 11.2 Å². The molecule has 0 radical (unpaired) electrons. The van der Waals surface area contributed by atoms with E-state index in [-0.39, 0.29) is 0 Å². The Bertz CT molecular complexity index is 370. The maximum atomic E-state index is 11.0. The van der Waals surface area contributed by atoms with Crippen LogP contribution in [0.2, 0.25) is 13.3 Å². The van der Waals surface area contributed by atoms with Crippen LogP contribution in [-0.4, -0.2) is 29.6 Å². The van der Waals surface area contributed by atoms with Crippen LogP contribution in [0.1, 0.15) is 69.1 Å². The van der Waals surface area contributed by atoms with E-state index in [0.717, 1.165) is 6.29 Å². The second kappa shape index (κ2) is 9.93. The molecule has 4 heteroatoms. The molecule has 1 heterocycles. The average molecular weight is 402 g/mol. The molecule has 0 amide bonds. The summed E-state index contributed by atoms with van der Waals surface area (Å²) >= 11 is -0.597. The minimum absolute atomic E-state index is 0.686. The van der Waals surface area contributed by atoms with Crippen molar-refractivity contribution in [1.82, 2.24) is 4.98 Å². The second-order valence-electron chi connectivity index (χ2n) is 5.77. The van der Waals surface area contributed by atoms with E-state index >= 15 is 0 Å². The number of thiazole rings is 1. The Hall–Kier alpha value is 0.0987. The van der Waals surface area contributed by atoms with E-state index in [1.54, 1.807) is 14.2 Å². The number of carbonyl (C=O) groups is 1. The van der Waals surface area contributed by atoms with Gasteiger partial charge in [0.2, 0.25) is 0 Å². The van der Waals surface area contributed by atoms with Gasteiger partial charge in [-0.25, -0.2) is 0 Å². The van der Waals surface area contributed by atoms with Crippen LogP contribution in [0.5, 0.6) is 0 Å². The van der Waals surface area contributed by atoms with Gasteiger partial charge in [0.25, 0.3) is 0 Å². The molecule has 0 saturated carbocycles. The molecule has 0 fully saturated rings. The summed E-state index contributed by atoms with van der Waals surface area (Å²) in [5.41, 5.74) is 0. The summed E-state index contributed by atoms with van der Waals surface area (Å²) < 4.78 is 5.90. The van der Waals surface area contributed by atoms with Crippen molar-refractivity contribution >= 4 is 38.9 Å². The molecular weight excluding hydrogens is 373 g/mol. The minimum atomic E-state index is -2.30. The van der Waals surface area contributed by atoms with Crippen LogP contribution in [0.25, 0.3) is 0 Å². The van der Waals surface area contributed by atoms with Crippen molar-refractivity contribution in [1.29, 1.82) is 0 Å². The number of carbonyl (C=O) groups excluding carboxylic acids is 1. The van der Waals surface area contributed by atoms with Crippen LogP contribution in [0.15, 0.2) is 6.20 Å². The fourth-order valence-electron chi connectivity index (χ4n) is 2.88. The van der Waals surface area contributed by atoms with Crippen molar-refractivity contribution in [2.45, 2.75) is 72.6 Å². The normalized spacial score (nSPS) is 11.8. The molecule has 20 heavy (non-hydrogen) atoms. The third-order valence-electron chi connectivity index (χ3n) is 4.17. The molecule has 0 aromatic carbocycles. The van der Waals surface area contributed by atoms with Gasteiger partial charge in [-0.15, -0.1) is 0 Å². The van der Waals surface area contributed by atoms with Gasteiger partial charge >= 0.3 is 132 Å². The number of aromatic nitrogens is 1. The average Bonchev–Trinajstić information content (AvgIpc) is 2.96. The fraction of sp³-hybridized carbons (Fsp3) is 0.750. The van der Waals surface area contributed by atoms with Gasteiger partial charge in [-0.05, 0) is 0 Å². The monoisotopic (exact) mass is 403 g/mol. The van der Waals surface area contributed by atoms with Crippen LogP contribution < -0.4 is 2.89 Å². The molecule has 0 bridgehead atoms. The molecule has 0 atom stereocenters. The first-order valence-corrected chi connectivity index (χ1v) is 16.4. The van der Waals surface area contributed by atoms with Gasteiger partial charge in [0, 0.05) is 0 Å². The van der Waals surface area contributed by atoms with Gasteiger partial charge in [0.1, 0.15) is 0 Å². The van der Waals surface area contributed by atoms with E-state index in [0.29, 0.717) is 5.01 Å². The molecule has 0 unspecified atom stereocenters. The van der Waals surface area contributed by atoms with Gasteiger partial charge in [-0.1, -0.05) is 0 Å². The van der Waals surface area contributed by atoms with Crippen LogP contribution in [0.3, 0.4) is 0 Å². The van der Waals surface area contributed by atoms with Gasteiger partial charge < -0.3 is 0 Å². The predicted molar refractivity (Wildman–Crippen MR) is 92.0 cm³/mol. The summed E-state index contributed by atoms with van der Waals surface area (Å²) in [6.45, 7) is 6.87. The fourth-order valence-corrected chi connectivity index (χ4v) is 22.4. The number of hydrogen-bond acceptors (Lipinski definition) is 3. The molecule has 1 aromatic heterocycles. The number of aldehydes is 1. The Morgan fingerprint density at radius 2 is 1.55 bits per heavy atom. The Labute approximate surface area is 132 Å². The van der Waals surface area contributed by atoms with E-state index in [4.69, 9.17) is 0 Å². The van der Waals surface area contributed by atoms with E-state index in [2.05, 4.69) is 32.0 Å². The number of hydrogen-bond donors (Lipinski definition) is 0. The van der Waals surface area contributed by atoms with E-state index in [1.165, 1.54) is 51.8 Å². The first-order valence-electron chi connectivity index (χ1n) is 8.14. The van der Waals surface area contributed by atoms with Crippen molar-refractivity contribution < 1.29 is 4.79 Å². The maximum absolute atomic E-state index is 11.0. The molecule has 0 spiro atoms. The van der Waals surface area contributed by atoms with Crippen molar-refractivity contribution in [3.8, 4) is 0 Å². The Kier molecular flexibility index (Phi) is 9.01. The van der Waals surface area contributed by atoms with E-state index < -0.39 is 18.4 Å². The SMILES string of the molecule is CCC[CH2][Sn]([CH2]CCC)([CH2]CCC)[c]1cnc(C=O)s1. The van der Waals surface area contributed by atoms with E-state index in [1.807, 2.05) is 0 Å². The zero-order valence-corrected chi connectivity index (χ0v) is 17.0. The molecule has 1 aromatic rings. The number of nitrogens with zero attached hydrogens (tertiary/aromatic N) is 1.